The number of rotatable bonds is 24. The SMILES string of the molecule is CCCCCNC(=O)CCCCCN1C(=O)C=C(SCCC)C1=O.CCCCCNC(=O)CCCCCN1C(=O)C=CC1=O.CCCS. The van der Waals surface area contributed by atoms with Crippen molar-refractivity contribution >= 4 is 59.8 Å². The first-order valence-corrected chi connectivity index (χ1v) is 19.7. The molecule has 2 aliphatic rings. The molecule has 0 aromatic heterocycles. The van der Waals surface area contributed by atoms with Crippen molar-refractivity contribution in [1.82, 2.24) is 20.4 Å². The van der Waals surface area contributed by atoms with Crippen LogP contribution in [-0.4, -0.2) is 82.9 Å². The first kappa shape index (κ1) is 45.4. The molecule has 0 aliphatic carbocycles. The van der Waals surface area contributed by atoms with Crippen LogP contribution in [0.1, 0.15) is 130 Å². The summed E-state index contributed by atoms with van der Waals surface area (Å²) < 4.78 is 0. The van der Waals surface area contributed by atoms with Crippen LogP contribution in [0.3, 0.4) is 0 Å². The quantitative estimate of drug-likeness (QED) is 0.0604. The molecule has 12 heteroatoms. The molecule has 0 fully saturated rings. The highest BCUT2D eigenvalue weighted by molar-refractivity contribution is 8.04. The number of carbonyl (C=O) groups is 6. The predicted octanol–water partition coefficient (Wildman–Crippen LogP) is 6.35. The number of hydrogen-bond acceptors (Lipinski definition) is 8. The second-order valence-electron chi connectivity index (χ2n) is 11.8. The normalized spacial score (nSPS) is 13.6. The molecule has 10 nitrogen and oxygen atoms in total. The molecule has 0 radical (unpaired) electrons. The molecule has 0 spiro atoms. The number of carbonyl (C=O) groups excluding carboxylic acids is 6. The smallest absolute Gasteiger partial charge is 0.267 e. The summed E-state index contributed by atoms with van der Waals surface area (Å²) in [7, 11) is 0. The highest BCUT2D eigenvalue weighted by atomic mass is 32.2. The van der Waals surface area contributed by atoms with Gasteiger partial charge in [-0.15, -0.1) is 11.8 Å². The minimum absolute atomic E-state index is 0.0936. The largest absolute Gasteiger partial charge is 0.356 e. The lowest BCUT2D eigenvalue weighted by Gasteiger charge is -2.14. The van der Waals surface area contributed by atoms with E-state index in [9.17, 15) is 28.8 Å². The molecule has 0 bridgehead atoms. The van der Waals surface area contributed by atoms with Gasteiger partial charge < -0.3 is 10.6 Å². The van der Waals surface area contributed by atoms with Gasteiger partial charge in [0.1, 0.15) is 0 Å². The molecule has 0 aromatic rings. The average molecular weight is 711 g/mol. The molecule has 2 heterocycles. The number of nitrogens with one attached hydrogen (secondary N) is 2. The van der Waals surface area contributed by atoms with Crippen LogP contribution < -0.4 is 10.6 Å². The monoisotopic (exact) mass is 710 g/mol. The third kappa shape index (κ3) is 22.1. The van der Waals surface area contributed by atoms with E-state index in [0.29, 0.717) is 30.8 Å². The van der Waals surface area contributed by atoms with E-state index in [2.05, 4.69) is 44.0 Å². The van der Waals surface area contributed by atoms with Crippen LogP contribution in [0.25, 0.3) is 0 Å². The molecular formula is C36H62N4O6S2. The van der Waals surface area contributed by atoms with E-state index >= 15 is 0 Å². The van der Waals surface area contributed by atoms with Crippen LogP contribution in [0.4, 0.5) is 0 Å². The Morgan fingerprint density at radius 2 is 1.10 bits per heavy atom. The Morgan fingerprint density at radius 1 is 0.625 bits per heavy atom. The summed E-state index contributed by atoms with van der Waals surface area (Å²) in [4.78, 5) is 72.8. The van der Waals surface area contributed by atoms with Crippen LogP contribution in [0.15, 0.2) is 23.1 Å². The van der Waals surface area contributed by atoms with E-state index in [4.69, 9.17) is 0 Å². The van der Waals surface area contributed by atoms with Gasteiger partial charge in [0.15, 0.2) is 0 Å². The van der Waals surface area contributed by atoms with Gasteiger partial charge in [0.2, 0.25) is 11.8 Å². The molecule has 0 saturated carbocycles. The Kier molecular flexibility index (Phi) is 28.8. The van der Waals surface area contributed by atoms with E-state index in [1.54, 1.807) is 0 Å². The molecule has 2 N–H and O–H groups in total. The highest BCUT2D eigenvalue weighted by Gasteiger charge is 2.30. The lowest BCUT2D eigenvalue weighted by atomic mass is 10.1. The van der Waals surface area contributed by atoms with Crippen LogP contribution in [-0.2, 0) is 28.8 Å². The number of hydrogen-bond donors (Lipinski definition) is 3. The van der Waals surface area contributed by atoms with Crippen LogP contribution >= 0.6 is 24.4 Å². The lowest BCUT2D eigenvalue weighted by molar-refractivity contribution is -0.138. The second-order valence-corrected chi connectivity index (χ2v) is 13.4. The zero-order valence-corrected chi connectivity index (χ0v) is 31.7. The maximum Gasteiger partial charge on any atom is 0.267 e. The van der Waals surface area contributed by atoms with Crippen molar-refractivity contribution in [2.24, 2.45) is 0 Å². The Morgan fingerprint density at radius 3 is 1.54 bits per heavy atom. The average Bonchev–Trinajstić information content (AvgIpc) is 3.55. The summed E-state index contributed by atoms with van der Waals surface area (Å²) >= 11 is 5.37. The van der Waals surface area contributed by atoms with Crippen molar-refractivity contribution in [3.63, 3.8) is 0 Å². The minimum Gasteiger partial charge on any atom is -0.356 e. The fourth-order valence-electron chi connectivity index (χ4n) is 4.51. The summed E-state index contributed by atoms with van der Waals surface area (Å²) in [6.45, 7) is 10.8. The van der Waals surface area contributed by atoms with E-state index in [1.807, 2.05) is 6.92 Å². The maximum atomic E-state index is 12.1. The molecule has 274 valence electrons. The molecule has 0 unspecified atom stereocenters. The molecule has 6 amide bonds. The first-order chi connectivity index (χ1) is 23.2. The first-order valence-electron chi connectivity index (χ1n) is 18.0. The van der Waals surface area contributed by atoms with Crippen LogP contribution in [0, 0.1) is 0 Å². The molecule has 2 aliphatic heterocycles. The van der Waals surface area contributed by atoms with Gasteiger partial charge in [0, 0.05) is 57.2 Å². The summed E-state index contributed by atoms with van der Waals surface area (Å²) in [5.41, 5.74) is 0. The van der Waals surface area contributed by atoms with Gasteiger partial charge in [-0.05, 0) is 62.9 Å². The molecule has 0 aromatic carbocycles. The zero-order chi connectivity index (χ0) is 36.0. The van der Waals surface area contributed by atoms with Gasteiger partial charge in [-0.25, -0.2) is 0 Å². The summed E-state index contributed by atoms with van der Waals surface area (Å²) in [5.74, 6) is 1.23. The number of thioether (sulfide) groups is 1. The topological polar surface area (TPSA) is 133 Å². The predicted molar refractivity (Wildman–Crippen MR) is 200 cm³/mol. The van der Waals surface area contributed by atoms with Crippen molar-refractivity contribution in [3.8, 4) is 0 Å². The summed E-state index contributed by atoms with van der Waals surface area (Å²) in [6, 6.07) is 0. The van der Waals surface area contributed by atoms with Gasteiger partial charge in [-0.2, -0.15) is 12.6 Å². The van der Waals surface area contributed by atoms with Crippen molar-refractivity contribution in [1.29, 1.82) is 0 Å². The van der Waals surface area contributed by atoms with E-state index < -0.39 is 0 Å². The van der Waals surface area contributed by atoms with Gasteiger partial charge in [0.25, 0.3) is 23.6 Å². The van der Waals surface area contributed by atoms with Gasteiger partial charge >= 0.3 is 0 Å². The fourth-order valence-corrected chi connectivity index (χ4v) is 5.35. The number of amides is 6. The van der Waals surface area contributed by atoms with Crippen molar-refractivity contribution in [2.45, 2.75) is 130 Å². The van der Waals surface area contributed by atoms with Gasteiger partial charge in [-0.3, -0.25) is 38.6 Å². The molecule has 0 saturated heterocycles. The van der Waals surface area contributed by atoms with E-state index in [0.717, 1.165) is 108 Å². The van der Waals surface area contributed by atoms with Crippen LogP contribution in [0.2, 0.25) is 0 Å². The van der Waals surface area contributed by atoms with Crippen molar-refractivity contribution in [2.75, 3.05) is 37.7 Å². The summed E-state index contributed by atoms with van der Waals surface area (Å²) in [6.07, 6.45) is 18.7. The third-order valence-corrected chi connectivity index (χ3v) is 9.00. The van der Waals surface area contributed by atoms with Gasteiger partial charge in [-0.1, -0.05) is 66.2 Å². The third-order valence-electron chi connectivity index (χ3n) is 7.34. The molecule has 2 rings (SSSR count). The zero-order valence-electron chi connectivity index (χ0n) is 30.0. The number of imide groups is 2. The van der Waals surface area contributed by atoms with Crippen molar-refractivity contribution in [3.05, 3.63) is 23.1 Å². The van der Waals surface area contributed by atoms with Gasteiger partial charge in [0.05, 0.1) is 4.91 Å². The molecule has 0 atom stereocenters. The number of thiol groups is 1. The number of nitrogens with zero attached hydrogens (tertiary/aromatic N) is 2. The second kappa shape index (κ2) is 30.5. The lowest BCUT2D eigenvalue weighted by Crippen LogP contribution is -2.31. The standard InChI is InChI=1S/C18H30N2O3S.C15H24N2O3.C3H8S/c1-3-5-8-11-19-16(21)10-7-6-9-12-20-17(22)14-15(18(20)23)24-13-4-2;1-2-3-6-11-16-13(18)8-5-4-7-12-17-14(19)9-10-15(17)20;1-2-3-4/h14H,3-13H2,1-2H3,(H,19,21);9-10H,2-8,11-12H2,1H3,(H,16,18);4H,2-3H2,1H3. The Hall–Kier alpha value is -2.60. The summed E-state index contributed by atoms with van der Waals surface area (Å²) in [5, 5.41) is 5.82. The molecular weight excluding hydrogens is 649 g/mol. The molecule has 48 heavy (non-hydrogen) atoms. The maximum absolute atomic E-state index is 12.1. The Labute approximate surface area is 299 Å². The van der Waals surface area contributed by atoms with Crippen LogP contribution in [0.5, 0.6) is 0 Å². The minimum atomic E-state index is -0.233. The highest BCUT2D eigenvalue weighted by Crippen LogP contribution is 2.25. The number of unbranched alkanes of at least 4 members (excludes halogenated alkanes) is 8. The van der Waals surface area contributed by atoms with E-state index in [1.165, 1.54) is 46.2 Å². The fraction of sp³-hybridized carbons (Fsp3) is 0.722. The Bertz CT molecular complexity index is 1010. The van der Waals surface area contributed by atoms with Crippen molar-refractivity contribution < 1.29 is 28.8 Å². The van der Waals surface area contributed by atoms with E-state index in [-0.39, 0.29) is 35.4 Å². The Balaban J connectivity index is 0.000000838.